The van der Waals surface area contributed by atoms with E-state index in [1.54, 1.807) is 11.8 Å². The summed E-state index contributed by atoms with van der Waals surface area (Å²) in [5, 5.41) is 4.45. The average molecular weight is 300 g/mol. The van der Waals surface area contributed by atoms with Crippen molar-refractivity contribution in [3.8, 4) is 5.75 Å². The fourth-order valence-corrected chi connectivity index (χ4v) is 2.81. The van der Waals surface area contributed by atoms with Gasteiger partial charge < -0.3 is 4.74 Å². The first-order valence-corrected chi connectivity index (χ1v) is 7.70. The number of ether oxygens (including phenoxy) is 1. The van der Waals surface area contributed by atoms with Gasteiger partial charge in [0.15, 0.2) is 0 Å². The molecule has 0 bridgehead atoms. The van der Waals surface area contributed by atoms with Gasteiger partial charge in [-0.05, 0) is 49.4 Å². The monoisotopic (exact) mass is 300 g/mol. The summed E-state index contributed by atoms with van der Waals surface area (Å²) in [5.74, 6) is 1.21. The highest BCUT2D eigenvalue weighted by Gasteiger charge is 2.19. The Kier molecular flexibility index (Phi) is 5.01. The first-order chi connectivity index (χ1) is 10.5. The highest BCUT2D eigenvalue weighted by molar-refractivity contribution is 5.81. The molecule has 4 nitrogen and oxygen atoms in total. The third-order valence-electron chi connectivity index (χ3n) is 4.20. The predicted octanol–water partition coefficient (Wildman–Crippen LogP) is 3.90. The molecule has 0 radical (unpaired) electrons. The van der Waals surface area contributed by atoms with E-state index in [1.165, 1.54) is 5.56 Å². The minimum Gasteiger partial charge on any atom is -0.497 e. The van der Waals surface area contributed by atoms with Gasteiger partial charge in [-0.25, -0.2) is 4.68 Å². The van der Waals surface area contributed by atoms with Gasteiger partial charge in [-0.1, -0.05) is 26.0 Å². The molecule has 0 spiro atoms. The number of hydrogen-bond acceptors (Lipinski definition) is 3. The van der Waals surface area contributed by atoms with Crippen LogP contribution in [0, 0.1) is 13.8 Å². The topological polar surface area (TPSA) is 44.1 Å². The minimum atomic E-state index is 0.000296. The molecule has 1 unspecified atom stereocenters. The number of aromatic nitrogens is 2. The number of carbonyl (C=O) groups is 1. The maximum absolute atomic E-state index is 12.5. The lowest BCUT2D eigenvalue weighted by molar-refractivity contribution is 0.0895. The summed E-state index contributed by atoms with van der Waals surface area (Å²) in [6.45, 7) is 8.29. The van der Waals surface area contributed by atoms with Gasteiger partial charge in [0.2, 0.25) is 0 Å². The van der Waals surface area contributed by atoms with Crippen molar-refractivity contribution in [2.75, 3.05) is 7.11 Å². The highest BCUT2D eigenvalue weighted by atomic mass is 16.5. The van der Waals surface area contributed by atoms with Crippen molar-refractivity contribution in [2.24, 2.45) is 0 Å². The second kappa shape index (κ2) is 6.77. The van der Waals surface area contributed by atoms with E-state index < -0.39 is 0 Å². The zero-order chi connectivity index (χ0) is 16.3. The van der Waals surface area contributed by atoms with Crippen molar-refractivity contribution >= 4 is 5.91 Å². The summed E-state index contributed by atoms with van der Waals surface area (Å²) in [4.78, 5) is 12.5. The molecule has 0 fully saturated rings. The van der Waals surface area contributed by atoms with Crippen LogP contribution >= 0.6 is 0 Å². The van der Waals surface area contributed by atoms with Crippen molar-refractivity contribution < 1.29 is 9.53 Å². The molecule has 0 saturated heterocycles. The van der Waals surface area contributed by atoms with Crippen molar-refractivity contribution in [3.05, 3.63) is 46.8 Å². The Morgan fingerprint density at radius 1 is 1.27 bits per heavy atom. The molecule has 0 saturated carbocycles. The van der Waals surface area contributed by atoms with Gasteiger partial charge in [-0.15, -0.1) is 0 Å². The minimum absolute atomic E-state index is 0.000296. The third-order valence-corrected chi connectivity index (χ3v) is 4.20. The molecular weight excluding hydrogens is 276 g/mol. The number of aryl methyl sites for hydroxylation is 1. The number of carbonyl (C=O) groups excluding carboxylic acids is 1. The van der Waals surface area contributed by atoms with Gasteiger partial charge in [0.1, 0.15) is 5.75 Å². The summed E-state index contributed by atoms with van der Waals surface area (Å²) >= 11 is 0. The van der Waals surface area contributed by atoms with Crippen molar-refractivity contribution in [2.45, 2.75) is 46.5 Å². The number of nitrogens with zero attached hydrogens (tertiary/aromatic N) is 2. The van der Waals surface area contributed by atoms with Gasteiger partial charge >= 0.3 is 0 Å². The summed E-state index contributed by atoms with van der Waals surface area (Å²) < 4.78 is 6.69. The molecule has 0 aliphatic rings. The first kappa shape index (κ1) is 16.3. The third kappa shape index (κ3) is 3.21. The van der Waals surface area contributed by atoms with Crippen LogP contribution in [-0.4, -0.2) is 22.8 Å². The zero-order valence-corrected chi connectivity index (χ0v) is 14.0. The van der Waals surface area contributed by atoms with Crippen LogP contribution in [0.1, 0.15) is 53.5 Å². The van der Waals surface area contributed by atoms with Gasteiger partial charge in [0, 0.05) is 5.69 Å². The van der Waals surface area contributed by atoms with Crippen LogP contribution in [0.5, 0.6) is 5.75 Å². The van der Waals surface area contributed by atoms with E-state index in [-0.39, 0.29) is 5.91 Å². The fourth-order valence-electron chi connectivity index (χ4n) is 2.81. The lowest BCUT2D eigenvalue weighted by atomic mass is 9.97. The van der Waals surface area contributed by atoms with Crippen molar-refractivity contribution in [3.63, 3.8) is 0 Å². The number of rotatable bonds is 5. The molecular formula is C18H24N2O2. The van der Waals surface area contributed by atoms with Crippen LogP contribution in [0.3, 0.4) is 0 Å². The van der Waals surface area contributed by atoms with Crippen LogP contribution in [0.2, 0.25) is 0 Å². The average Bonchev–Trinajstić information content (AvgIpc) is 2.82. The maximum Gasteiger partial charge on any atom is 0.251 e. The van der Waals surface area contributed by atoms with Crippen LogP contribution in [0.25, 0.3) is 0 Å². The molecule has 1 aromatic heterocycles. The summed E-state index contributed by atoms with van der Waals surface area (Å²) in [6.07, 6.45) is 1.38. The Morgan fingerprint density at radius 2 is 1.91 bits per heavy atom. The Hall–Kier alpha value is -2.10. The second-order valence-electron chi connectivity index (χ2n) is 5.72. The standard InChI is InChI=1S/C18H24N2O2/c1-6-12(2)18-13(3)19-20(14(18)4)17(21)11-15-7-9-16(22-5)10-8-15/h7-10,12H,6,11H2,1-5H3. The zero-order valence-electron chi connectivity index (χ0n) is 14.0. The van der Waals surface area contributed by atoms with Gasteiger partial charge in [0.25, 0.3) is 5.91 Å². The molecule has 1 heterocycles. The van der Waals surface area contributed by atoms with Gasteiger partial charge in [0.05, 0.1) is 19.2 Å². The lowest BCUT2D eigenvalue weighted by Gasteiger charge is -2.09. The molecule has 2 aromatic rings. The Morgan fingerprint density at radius 3 is 2.45 bits per heavy atom. The molecule has 0 amide bonds. The summed E-state index contributed by atoms with van der Waals surface area (Å²) in [6, 6.07) is 7.57. The number of methoxy groups -OCH3 is 1. The Balaban J connectivity index is 2.22. The van der Waals surface area contributed by atoms with E-state index in [9.17, 15) is 4.79 Å². The van der Waals surface area contributed by atoms with Crippen LogP contribution in [-0.2, 0) is 6.42 Å². The molecule has 2 rings (SSSR count). The normalized spacial score (nSPS) is 12.2. The number of benzene rings is 1. The number of hydrogen-bond donors (Lipinski definition) is 0. The summed E-state index contributed by atoms with van der Waals surface area (Å²) in [5.41, 5.74) is 4.08. The largest absolute Gasteiger partial charge is 0.497 e. The van der Waals surface area contributed by atoms with Crippen molar-refractivity contribution in [1.82, 2.24) is 9.78 Å². The molecule has 0 N–H and O–H groups in total. The molecule has 0 aliphatic heterocycles. The van der Waals surface area contributed by atoms with E-state index in [0.717, 1.165) is 29.1 Å². The highest BCUT2D eigenvalue weighted by Crippen LogP contribution is 2.25. The van der Waals surface area contributed by atoms with E-state index in [4.69, 9.17) is 4.74 Å². The summed E-state index contributed by atoms with van der Waals surface area (Å²) in [7, 11) is 1.63. The SMILES string of the molecule is CCC(C)c1c(C)nn(C(=O)Cc2ccc(OC)cc2)c1C. The second-order valence-corrected chi connectivity index (χ2v) is 5.72. The van der Waals surface area contributed by atoms with E-state index in [0.29, 0.717) is 12.3 Å². The van der Waals surface area contributed by atoms with Crippen molar-refractivity contribution in [1.29, 1.82) is 0 Å². The molecule has 1 atom stereocenters. The predicted molar refractivity (Wildman–Crippen MR) is 87.7 cm³/mol. The molecule has 4 heteroatoms. The lowest BCUT2D eigenvalue weighted by Crippen LogP contribution is -2.17. The van der Waals surface area contributed by atoms with E-state index in [1.807, 2.05) is 38.1 Å². The molecule has 22 heavy (non-hydrogen) atoms. The van der Waals surface area contributed by atoms with Gasteiger partial charge in [-0.2, -0.15) is 5.10 Å². The van der Waals surface area contributed by atoms with E-state index in [2.05, 4.69) is 18.9 Å². The quantitative estimate of drug-likeness (QED) is 0.841. The Labute approximate surface area is 132 Å². The molecule has 0 aliphatic carbocycles. The fraction of sp³-hybridized carbons (Fsp3) is 0.444. The van der Waals surface area contributed by atoms with E-state index >= 15 is 0 Å². The van der Waals surface area contributed by atoms with Gasteiger partial charge in [-0.3, -0.25) is 4.79 Å². The Bertz CT molecular complexity index is 656. The van der Waals surface area contributed by atoms with Crippen LogP contribution in [0.15, 0.2) is 24.3 Å². The van der Waals surface area contributed by atoms with Crippen LogP contribution in [0.4, 0.5) is 0 Å². The molecule has 118 valence electrons. The first-order valence-electron chi connectivity index (χ1n) is 7.70. The smallest absolute Gasteiger partial charge is 0.251 e. The maximum atomic E-state index is 12.5. The molecule has 1 aromatic carbocycles. The van der Waals surface area contributed by atoms with Crippen LogP contribution < -0.4 is 4.74 Å².